The van der Waals surface area contributed by atoms with Crippen LogP contribution in [0, 0.1) is 0 Å². The van der Waals surface area contributed by atoms with Gasteiger partial charge in [-0.1, -0.05) is 0 Å². The summed E-state index contributed by atoms with van der Waals surface area (Å²) >= 11 is 0. The van der Waals surface area contributed by atoms with Gasteiger partial charge in [-0.2, -0.15) is 0 Å². The molecule has 3 amide bonds. The van der Waals surface area contributed by atoms with Crippen LogP contribution in [0.3, 0.4) is 0 Å². The molecule has 0 aliphatic rings. The van der Waals surface area contributed by atoms with E-state index in [2.05, 4.69) is 16.0 Å². The molecule has 0 saturated carbocycles. The Bertz CT molecular complexity index is 589. The molecule has 8 heteroatoms. The van der Waals surface area contributed by atoms with Crippen molar-refractivity contribution in [3.8, 4) is 5.75 Å². The fraction of sp³-hybridized carbons (Fsp3) is 0.471. The molecular formula is C17H27N4O4+. The third-order valence-electron chi connectivity index (χ3n) is 3.42. The molecule has 1 rings (SSSR count). The van der Waals surface area contributed by atoms with E-state index in [1.807, 2.05) is 6.92 Å². The Labute approximate surface area is 147 Å². The van der Waals surface area contributed by atoms with Crippen molar-refractivity contribution in [2.45, 2.75) is 19.9 Å². The predicted octanol–water partition coefficient (Wildman–Crippen LogP) is -1.21. The number of quaternary nitrogens is 1. The number of hydrogen-bond donors (Lipinski definition) is 4. The summed E-state index contributed by atoms with van der Waals surface area (Å²) in [5.74, 6) is -0.00913. The molecule has 0 saturated heterocycles. The zero-order chi connectivity index (χ0) is 18.8. The van der Waals surface area contributed by atoms with E-state index in [0.717, 1.165) is 0 Å². The molecule has 1 aromatic rings. The highest BCUT2D eigenvalue weighted by molar-refractivity contribution is 5.91. The first-order valence-corrected chi connectivity index (χ1v) is 8.18. The van der Waals surface area contributed by atoms with Gasteiger partial charge in [0.15, 0.2) is 13.1 Å². The van der Waals surface area contributed by atoms with Gasteiger partial charge in [0, 0.05) is 12.2 Å². The van der Waals surface area contributed by atoms with E-state index in [0.29, 0.717) is 22.9 Å². The quantitative estimate of drug-likeness (QED) is 0.448. The highest BCUT2D eigenvalue weighted by atomic mass is 16.5. The minimum Gasteiger partial charge on any atom is -0.497 e. The van der Waals surface area contributed by atoms with E-state index in [4.69, 9.17) is 4.74 Å². The van der Waals surface area contributed by atoms with Crippen molar-refractivity contribution in [3.05, 3.63) is 24.3 Å². The third-order valence-corrected chi connectivity index (χ3v) is 3.42. The van der Waals surface area contributed by atoms with E-state index in [9.17, 15) is 14.4 Å². The predicted molar refractivity (Wildman–Crippen MR) is 94.5 cm³/mol. The molecule has 0 aliphatic carbocycles. The van der Waals surface area contributed by atoms with Gasteiger partial charge >= 0.3 is 0 Å². The summed E-state index contributed by atoms with van der Waals surface area (Å²) in [6, 6.07) is 6.39. The molecule has 0 radical (unpaired) electrons. The summed E-state index contributed by atoms with van der Waals surface area (Å²) in [6.45, 7) is 4.17. The van der Waals surface area contributed by atoms with Crippen LogP contribution in [0.5, 0.6) is 5.75 Å². The van der Waals surface area contributed by atoms with Crippen LogP contribution in [-0.4, -0.2) is 57.6 Å². The average Bonchev–Trinajstić information content (AvgIpc) is 2.55. The van der Waals surface area contributed by atoms with E-state index >= 15 is 0 Å². The largest absolute Gasteiger partial charge is 0.497 e. The summed E-state index contributed by atoms with van der Waals surface area (Å²) in [7, 11) is 3.31. The summed E-state index contributed by atoms with van der Waals surface area (Å²) in [4.78, 5) is 36.2. The number of carbonyl (C=O) groups excluding carboxylic acids is 3. The van der Waals surface area contributed by atoms with Crippen LogP contribution < -0.4 is 25.6 Å². The lowest BCUT2D eigenvalue weighted by Gasteiger charge is -2.16. The summed E-state index contributed by atoms with van der Waals surface area (Å²) in [5, 5.41) is 8.01. The fourth-order valence-electron chi connectivity index (χ4n) is 2.18. The number of nitrogens with one attached hydrogen (secondary N) is 4. The van der Waals surface area contributed by atoms with Gasteiger partial charge < -0.3 is 25.6 Å². The Morgan fingerprint density at radius 2 is 1.72 bits per heavy atom. The zero-order valence-corrected chi connectivity index (χ0v) is 15.1. The number of methoxy groups -OCH3 is 1. The Morgan fingerprint density at radius 3 is 2.28 bits per heavy atom. The number of rotatable bonds is 9. The Morgan fingerprint density at radius 1 is 1.12 bits per heavy atom. The van der Waals surface area contributed by atoms with Crippen molar-refractivity contribution < 1.29 is 24.0 Å². The van der Waals surface area contributed by atoms with E-state index in [1.54, 1.807) is 45.3 Å². The first-order valence-electron chi connectivity index (χ1n) is 8.18. The van der Waals surface area contributed by atoms with Gasteiger partial charge in [-0.05, 0) is 38.1 Å². The summed E-state index contributed by atoms with van der Waals surface area (Å²) < 4.78 is 5.06. The van der Waals surface area contributed by atoms with Gasteiger partial charge in [0.25, 0.3) is 11.8 Å². The van der Waals surface area contributed by atoms with E-state index < -0.39 is 6.04 Å². The number of hydrogen-bond acceptors (Lipinski definition) is 4. The molecular weight excluding hydrogens is 324 g/mol. The van der Waals surface area contributed by atoms with Crippen LogP contribution >= 0.6 is 0 Å². The maximum Gasteiger partial charge on any atom is 0.279 e. The smallest absolute Gasteiger partial charge is 0.279 e. The number of benzene rings is 1. The second-order valence-corrected chi connectivity index (χ2v) is 5.77. The molecule has 138 valence electrons. The van der Waals surface area contributed by atoms with Crippen LogP contribution in [-0.2, 0) is 14.4 Å². The molecule has 8 nitrogen and oxygen atoms in total. The van der Waals surface area contributed by atoms with Gasteiger partial charge in [0.2, 0.25) is 5.91 Å². The lowest BCUT2D eigenvalue weighted by atomic mass is 10.3. The van der Waals surface area contributed by atoms with Gasteiger partial charge in [0.05, 0.1) is 14.2 Å². The standard InChI is InChI=1S/C17H26N4O4/c1-5-18-17(24)12(2)19-15(22)10-21(3)11-16(23)20-13-6-8-14(25-4)9-7-13/h6-9,12H,5,10-11H2,1-4H3,(H,18,24)(H,19,22)(H,20,23)/p+1/t12-/m1/s1. The third kappa shape index (κ3) is 7.67. The maximum atomic E-state index is 12.0. The Hall–Kier alpha value is -2.61. The van der Waals surface area contributed by atoms with Gasteiger partial charge in [-0.15, -0.1) is 0 Å². The fourth-order valence-corrected chi connectivity index (χ4v) is 2.18. The lowest BCUT2D eigenvalue weighted by molar-refractivity contribution is -0.862. The van der Waals surface area contributed by atoms with Crippen molar-refractivity contribution in [1.82, 2.24) is 10.6 Å². The molecule has 0 heterocycles. The van der Waals surface area contributed by atoms with Crippen LogP contribution in [0.15, 0.2) is 24.3 Å². The van der Waals surface area contributed by atoms with Gasteiger partial charge in [-0.25, -0.2) is 0 Å². The maximum absolute atomic E-state index is 12.0. The normalized spacial score (nSPS) is 12.6. The number of amides is 3. The van der Waals surface area contributed by atoms with Crippen molar-refractivity contribution in [2.24, 2.45) is 0 Å². The van der Waals surface area contributed by atoms with Crippen LogP contribution in [0.4, 0.5) is 5.69 Å². The van der Waals surface area contributed by atoms with Crippen molar-refractivity contribution >= 4 is 23.4 Å². The molecule has 0 aliphatic heterocycles. The molecule has 0 spiro atoms. The van der Waals surface area contributed by atoms with Crippen molar-refractivity contribution in [1.29, 1.82) is 0 Å². The average molecular weight is 351 g/mol. The van der Waals surface area contributed by atoms with Crippen LogP contribution in [0.2, 0.25) is 0 Å². The minimum absolute atomic E-state index is 0.0970. The monoisotopic (exact) mass is 351 g/mol. The minimum atomic E-state index is -0.603. The molecule has 0 bridgehead atoms. The number of anilines is 1. The first kappa shape index (κ1) is 20.4. The molecule has 0 fully saturated rings. The number of carbonyl (C=O) groups is 3. The number of ether oxygens (including phenoxy) is 1. The number of likely N-dealkylation sites (N-methyl/N-ethyl adjacent to an activating group) is 2. The second-order valence-electron chi connectivity index (χ2n) is 5.77. The van der Waals surface area contributed by atoms with E-state index in [1.165, 1.54) is 0 Å². The van der Waals surface area contributed by atoms with Crippen LogP contribution in [0.1, 0.15) is 13.8 Å². The summed E-state index contributed by atoms with van der Waals surface area (Å²) in [6.07, 6.45) is 0. The van der Waals surface area contributed by atoms with Crippen LogP contribution in [0.25, 0.3) is 0 Å². The second kappa shape index (κ2) is 10.3. The molecule has 4 N–H and O–H groups in total. The van der Waals surface area contributed by atoms with Gasteiger partial charge in [-0.3, -0.25) is 14.4 Å². The molecule has 1 aromatic carbocycles. The first-order chi connectivity index (χ1) is 11.8. The topological polar surface area (TPSA) is 101 Å². The zero-order valence-electron chi connectivity index (χ0n) is 15.1. The Kier molecular flexibility index (Phi) is 8.42. The molecule has 25 heavy (non-hydrogen) atoms. The summed E-state index contributed by atoms with van der Waals surface area (Å²) in [5.41, 5.74) is 0.660. The lowest BCUT2D eigenvalue weighted by Crippen LogP contribution is -3.11. The highest BCUT2D eigenvalue weighted by Crippen LogP contribution is 2.14. The molecule has 1 unspecified atom stereocenters. The Balaban J connectivity index is 2.39. The molecule has 0 aromatic heterocycles. The van der Waals surface area contributed by atoms with Crippen molar-refractivity contribution in [3.63, 3.8) is 0 Å². The van der Waals surface area contributed by atoms with E-state index in [-0.39, 0.29) is 30.8 Å². The highest BCUT2D eigenvalue weighted by Gasteiger charge is 2.18. The van der Waals surface area contributed by atoms with Gasteiger partial charge in [0.1, 0.15) is 11.8 Å². The molecule has 2 atom stereocenters. The van der Waals surface area contributed by atoms with Crippen molar-refractivity contribution in [2.75, 3.05) is 39.1 Å². The SMILES string of the molecule is CCNC(=O)[C@@H](C)NC(=O)C[NH+](C)CC(=O)Nc1ccc(OC)cc1.